The molecule has 0 unspecified atom stereocenters. The first-order valence-electron chi connectivity index (χ1n) is 10.6. The van der Waals surface area contributed by atoms with E-state index in [1.54, 1.807) is 47.2 Å². The molecule has 172 valence electrons. The second-order valence-electron chi connectivity index (χ2n) is 7.80. The number of nitrogens with zero attached hydrogens (tertiary/aromatic N) is 6. The van der Waals surface area contributed by atoms with Crippen molar-refractivity contribution in [2.24, 2.45) is 0 Å². The average Bonchev–Trinajstić information content (AvgIpc) is 3.46. The molecule has 0 atom stereocenters. The molecule has 0 amide bonds. The number of nitrogens with one attached hydrogen (secondary N) is 1. The molecule has 0 saturated carbocycles. The van der Waals surface area contributed by atoms with E-state index in [9.17, 15) is 8.42 Å². The van der Waals surface area contributed by atoms with Gasteiger partial charge in [0.05, 0.1) is 25.8 Å². The lowest BCUT2D eigenvalue weighted by molar-refractivity contribution is 0.601. The van der Waals surface area contributed by atoms with Gasteiger partial charge in [0, 0.05) is 29.2 Å². The van der Waals surface area contributed by atoms with Gasteiger partial charge >= 0.3 is 0 Å². The van der Waals surface area contributed by atoms with Crippen molar-refractivity contribution in [1.29, 1.82) is 0 Å². The van der Waals surface area contributed by atoms with Gasteiger partial charge in [-0.2, -0.15) is 9.61 Å². The SMILES string of the molecule is Cc1nc2ccc(S(=O)(=O)Nc3ccc(-c4ccc5nnc(-c6cccnc6)n5n4)cc3)cc2s1. The van der Waals surface area contributed by atoms with Crippen LogP contribution >= 0.6 is 11.3 Å². The van der Waals surface area contributed by atoms with Gasteiger partial charge in [-0.15, -0.1) is 21.5 Å². The Morgan fingerprint density at radius 3 is 2.60 bits per heavy atom. The monoisotopic (exact) mass is 499 g/mol. The number of benzene rings is 2. The quantitative estimate of drug-likeness (QED) is 0.369. The van der Waals surface area contributed by atoms with E-state index in [0.717, 1.165) is 26.4 Å². The summed E-state index contributed by atoms with van der Waals surface area (Å²) in [6.07, 6.45) is 3.40. The summed E-state index contributed by atoms with van der Waals surface area (Å²) in [5.41, 5.74) is 4.19. The van der Waals surface area contributed by atoms with Crippen molar-refractivity contribution in [1.82, 2.24) is 29.8 Å². The molecule has 4 aromatic heterocycles. The van der Waals surface area contributed by atoms with E-state index < -0.39 is 10.0 Å². The fourth-order valence-electron chi connectivity index (χ4n) is 3.73. The lowest BCUT2D eigenvalue weighted by atomic mass is 10.1. The number of aromatic nitrogens is 6. The summed E-state index contributed by atoms with van der Waals surface area (Å²) < 4.78 is 31.0. The molecular formula is C24H17N7O2S2. The third-order valence-corrected chi connectivity index (χ3v) is 7.71. The smallest absolute Gasteiger partial charge is 0.261 e. The minimum atomic E-state index is -3.74. The zero-order chi connectivity index (χ0) is 24.0. The molecule has 35 heavy (non-hydrogen) atoms. The minimum absolute atomic E-state index is 0.195. The molecule has 6 aromatic rings. The standard InChI is InChI=1S/C24H17N7O2S2/c1-15-26-21-9-8-19(13-22(21)34-15)35(32,33)30-18-6-4-16(5-7-18)20-10-11-23-27-28-24(31(23)29-20)17-3-2-12-25-14-17/h2-14,30H,1H3. The number of fused-ring (bicyclic) bond motifs is 2. The zero-order valence-corrected chi connectivity index (χ0v) is 20.0. The van der Waals surface area contributed by atoms with Crippen molar-refractivity contribution in [2.75, 3.05) is 4.72 Å². The number of hydrogen-bond acceptors (Lipinski definition) is 8. The van der Waals surface area contributed by atoms with E-state index in [2.05, 4.69) is 30.0 Å². The molecule has 0 fully saturated rings. The molecule has 0 saturated heterocycles. The topological polar surface area (TPSA) is 115 Å². The van der Waals surface area contributed by atoms with E-state index in [1.165, 1.54) is 11.3 Å². The van der Waals surface area contributed by atoms with Gasteiger partial charge < -0.3 is 0 Å². The molecule has 2 aromatic carbocycles. The van der Waals surface area contributed by atoms with Crippen LogP contribution in [0.2, 0.25) is 0 Å². The molecule has 0 aliphatic carbocycles. The lowest BCUT2D eigenvalue weighted by Crippen LogP contribution is -2.12. The van der Waals surface area contributed by atoms with Crippen molar-refractivity contribution in [2.45, 2.75) is 11.8 Å². The van der Waals surface area contributed by atoms with Gasteiger partial charge in [0.15, 0.2) is 11.5 Å². The fourth-order valence-corrected chi connectivity index (χ4v) is 5.75. The summed E-state index contributed by atoms with van der Waals surface area (Å²) >= 11 is 1.46. The maximum Gasteiger partial charge on any atom is 0.261 e. The number of pyridine rings is 1. The lowest BCUT2D eigenvalue weighted by Gasteiger charge is -2.09. The largest absolute Gasteiger partial charge is 0.280 e. The van der Waals surface area contributed by atoms with Crippen LogP contribution in [0.25, 0.3) is 38.5 Å². The first-order chi connectivity index (χ1) is 17.0. The van der Waals surface area contributed by atoms with Crippen molar-refractivity contribution in [3.63, 3.8) is 0 Å². The van der Waals surface area contributed by atoms with Crippen molar-refractivity contribution >= 4 is 42.9 Å². The summed E-state index contributed by atoms with van der Waals surface area (Å²) in [5, 5.41) is 14.0. The van der Waals surface area contributed by atoms with Crippen LogP contribution in [0, 0.1) is 6.92 Å². The summed E-state index contributed by atoms with van der Waals surface area (Å²) in [6, 6.07) is 19.4. The minimum Gasteiger partial charge on any atom is -0.280 e. The predicted octanol–water partition coefficient (Wildman–Crippen LogP) is 4.57. The van der Waals surface area contributed by atoms with E-state index >= 15 is 0 Å². The second kappa shape index (κ2) is 8.22. The third kappa shape index (κ3) is 4.00. The summed E-state index contributed by atoms with van der Waals surface area (Å²) in [7, 11) is -3.74. The number of sulfonamides is 1. The first kappa shape index (κ1) is 21.3. The molecular weight excluding hydrogens is 482 g/mol. The van der Waals surface area contributed by atoms with Gasteiger partial charge in [-0.25, -0.2) is 13.4 Å². The Labute approximate surface area is 204 Å². The number of hydrogen-bond donors (Lipinski definition) is 1. The highest BCUT2D eigenvalue weighted by molar-refractivity contribution is 7.92. The molecule has 1 N–H and O–H groups in total. The Kier molecular flexibility index (Phi) is 5.01. The van der Waals surface area contributed by atoms with Crippen molar-refractivity contribution < 1.29 is 8.42 Å². The Balaban J connectivity index is 1.28. The van der Waals surface area contributed by atoms with Crippen LogP contribution in [-0.2, 0) is 10.0 Å². The Morgan fingerprint density at radius 1 is 0.943 bits per heavy atom. The Hall–Kier alpha value is -4.22. The number of thiazole rings is 1. The Bertz CT molecular complexity index is 1800. The van der Waals surface area contributed by atoms with E-state index in [1.807, 2.05) is 43.3 Å². The van der Waals surface area contributed by atoms with Crippen LogP contribution in [0.3, 0.4) is 0 Å². The molecule has 0 radical (unpaired) electrons. The molecule has 0 aliphatic rings. The first-order valence-corrected chi connectivity index (χ1v) is 12.9. The number of rotatable bonds is 5. The maximum absolute atomic E-state index is 12.9. The average molecular weight is 500 g/mol. The van der Waals surface area contributed by atoms with Crippen LogP contribution in [-0.4, -0.2) is 38.2 Å². The van der Waals surface area contributed by atoms with Gasteiger partial charge in [0.2, 0.25) is 0 Å². The van der Waals surface area contributed by atoms with Crippen LogP contribution in [0.4, 0.5) is 5.69 Å². The highest BCUT2D eigenvalue weighted by Gasteiger charge is 2.16. The highest BCUT2D eigenvalue weighted by atomic mass is 32.2. The van der Waals surface area contributed by atoms with E-state index in [0.29, 0.717) is 22.9 Å². The normalized spacial score (nSPS) is 11.8. The zero-order valence-electron chi connectivity index (χ0n) is 18.3. The van der Waals surface area contributed by atoms with Gasteiger partial charge in [0.25, 0.3) is 10.0 Å². The Morgan fingerprint density at radius 2 is 1.80 bits per heavy atom. The maximum atomic E-state index is 12.9. The number of aryl methyl sites for hydroxylation is 1. The van der Waals surface area contributed by atoms with Gasteiger partial charge in [-0.3, -0.25) is 9.71 Å². The molecule has 6 rings (SSSR count). The van der Waals surface area contributed by atoms with Gasteiger partial charge in [-0.1, -0.05) is 12.1 Å². The van der Waals surface area contributed by atoms with E-state index in [-0.39, 0.29) is 4.90 Å². The molecule has 0 aliphatic heterocycles. The molecule has 11 heteroatoms. The van der Waals surface area contributed by atoms with Gasteiger partial charge in [-0.05, 0) is 61.5 Å². The van der Waals surface area contributed by atoms with Crippen molar-refractivity contribution in [3.8, 4) is 22.6 Å². The predicted molar refractivity (Wildman–Crippen MR) is 135 cm³/mol. The second-order valence-corrected chi connectivity index (χ2v) is 10.7. The van der Waals surface area contributed by atoms with E-state index in [4.69, 9.17) is 0 Å². The fraction of sp³-hybridized carbons (Fsp3) is 0.0417. The number of anilines is 1. The van der Waals surface area contributed by atoms with Crippen LogP contribution in [0.15, 0.2) is 84.0 Å². The molecule has 9 nitrogen and oxygen atoms in total. The van der Waals surface area contributed by atoms with Crippen molar-refractivity contribution in [3.05, 3.63) is 84.1 Å². The summed E-state index contributed by atoms with van der Waals surface area (Å²) in [6.45, 7) is 1.90. The van der Waals surface area contributed by atoms with Crippen LogP contribution in [0.5, 0.6) is 0 Å². The van der Waals surface area contributed by atoms with Gasteiger partial charge in [0.1, 0.15) is 0 Å². The highest BCUT2D eigenvalue weighted by Crippen LogP contribution is 2.27. The molecule has 0 bridgehead atoms. The molecule has 4 heterocycles. The third-order valence-electron chi connectivity index (χ3n) is 5.39. The summed E-state index contributed by atoms with van der Waals surface area (Å²) in [5.74, 6) is 0.590. The molecule has 0 spiro atoms. The van der Waals surface area contributed by atoms with Crippen LogP contribution in [0.1, 0.15) is 5.01 Å². The van der Waals surface area contributed by atoms with Crippen LogP contribution < -0.4 is 4.72 Å². The summed E-state index contributed by atoms with van der Waals surface area (Å²) in [4.78, 5) is 8.71.